The van der Waals surface area contributed by atoms with Crippen LogP contribution in [0.2, 0.25) is 0 Å². The summed E-state index contributed by atoms with van der Waals surface area (Å²) in [4.78, 5) is 54.2. The van der Waals surface area contributed by atoms with Gasteiger partial charge in [-0.3, -0.25) is 19.4 Å². The van der Waals surface area contributed by atoms with Crippen molar-refractivity contribution in [2.24, 2.45) is 5.92 Å². The van der Waals surface area contributed by atoms with E-state index in [9.17, 15) is 19.2 Å². The second kappa shape index (κ2) is 10.4. The molecule has 0 aliphatic carbocycles. The number of imide groups is 1. The molecule has 2 aliphatic rings. The van der Waals surface area contributed by atoms with E-state index in [1.807, 2.05) is 6.92 Å². The minimum Gasteiger partial charge on any atom is -0.494 e. The van der Waals surface area contributed by atoms with Gasteiger partial charge < -0.3 is 9.47 Å². The average Bonchev–Trinajstić information content (AvgIpc) is 3.45. The van der Waals surface area contributed by atoms with Crippen LogP contribution in [0.3, 0.4) is 0 Å². The lowest BCUT2D eigenvalue weighted by atomic mass is 9.90. The van der Waals surface area contributed by atoms with Gasteiger partial charge >= 0.3 is 5.97 Å². The van der Waals surface area contributed by atoms with Crippen LogP contribution in [0.5, 0.6) is 5.75 Å². The Kier molecular flexibility index (Phi) is 7.00. The summed E-state index contributed by atoms with van der Waals surface area (Å²) in [6.07, 6.45) is 0. The number of nitrogens with one attached hydrogen (secondary N) is 1. The van der Waals surface area contributed by atoms with Gasteiger partial charge in [-0.15, -0.1) is 0 Å². The Balaban J connectivity index is 1.53. The van der Waals surface area contributed by atoms with Gasteiger partial charge in [0.25, 0.3) is 11.8 Å². The number of carbonyl (C=O) groups excluding carboxylic acids is 4. The molecule has 10 heteroatoms. The first-order chi connectivity index (χ1) is 18.3. The number of hydrogen-bond donors (Lipinski definition) is 1. The zero-order chi connectivity index (χ0) is 27.0. The van der Waals surface area contributed by atoms with Crippen LogP contribution in [0.15, 0.2) is 77.3 Å². The number of anilines is 1. The fourth-order valence-electron chi connectivity index (χ4n) is 4.87. The molecule has 2 saturated heterocycles. The van der Waals surface area contributed by atoms with Gasteiger partial charge in [0.2, 0.25) is 5.91 Å². The zero-order valence-electron chi connectivity index (χ0n) is 20.6. The summed E-state index contributed by atoms with van der Waals surface area (Å²) in [5.74, 6) is -2.13. The molecule has 0 spiro atoms. The maximum atomic E-state index is 13.8. The second-order valence-corrected chi connectivity index (χ2v) is 9.73. The molecule has 194 valence electrons. The Morgan fingerprint density at radius 2 is 1.66 bits per heavy atom. The molecule has 0 bridgehead atoms. The molecule has 2 aliphatic heterocycles. The van der Waals surface area contributed by atoms with Crippen LogP contribution < -0.4 is 15.1 Å². The minimum atomic E-state index is -1.06. The number of hydrazine groups is 1. The van der Waals surface area contributed by atoms with Crippen molar-refractivity contribution < 1.29 is 28.7 Å². The monoisotopic (exact) mass is 577 g/mol. The van der Waals surface area contributed by atoms with Gasteiger partial charge in [0.05, 0.1) is 36.9 Å². The smallest absolute Gasteiger partial charge is 0.337 e. The Labute approximate surface area is 227 Å². The fourth-order valence-corrected chi connectivity index (χ4v) is 5.27. The van der Waals surface area contributed by atoms with Crippen molar-refractivity contribution in [3.05, 3.63) is 94.0 Å². The standard InChI is InChI=1S/C28H24BrN3O6/c1-3-38-21-13-11-20(12-14-21)31-26(34)22-23(16-7-9-17(10-8-16)28(36)37-2)30-32(24(22)27(31)35)25(33)18-5-4-6-19(29)15-18/h4-15,22-24,30H,3H2,1-2H3/t22-,23-,24+/m1/s1. The van der Waals surface area contributed by atoms with Gasteiger partial charge in [-0.2, -0.15) is 0 Å². The highest BCUT2D eigenvalue weighted by molar-refractivity contribution is 9.10. The Bertz CT molecular complexity index is 1410. The third-order valence-corrected chi connectivity index (χ3v) is 7.12. The predicted octanol–water partition coefficient (Wildman–Crippen LogP) is 3.89. The second-order valence-electron chi connectivity index (χ2n) is 8.82. The van der Waals surface area contributed by atoms with Crippen molar-refractivity contribution in [2.45, 2.75) is 19.0 Å². The molecule has 2 fully saturated rings. The molecule has 5 rings (SSSR count). The Hall–Kier alpha value is -4.02. The van der Waals surface area contributed by atoms with E-state index in [4.69, 9.17) is 9.47 Å². The van der Waals surface area contributed by atoms with Gasteiger partial charge in [0.15, 0.2) is 0 Å². The number of halogens is 1. The lowest BCUT2D eigenvalue weighted by molar-refractivity contribution is -0.123. The lowest BCUT2D eigenvalue weighted by Crippen LogP contribution is -2.48. The third kappa shape index (κ3) is 4.46. The number of amides is 3. The highest BCUT2D eigenvalue weighted by Crippen LogP contribution is 2.42. The summed E-state index contributed by atoms with van der Waals surface area (Å²) in [5.41, 5.74) is 4.85. The van der Waals surface area contributed by atoms with E-state index in [2.05, 4.69) is 21.4 Å². The first-order valence-corrected chi connectivity index (χ1v) is 12.8. The van der Waals surface area contributed by atoms with Crippen molar-refractivity contribution in [2.75, 3.05) is 18.6 Å². The Morgan fingerprint density at radius 1 is 0.947 bits per heavy atom. The summed E-state index contributed by atoms with van der Waals surface area (Å²) in [6.45, 7) is 2.35. The van der Waals surface area contributed by atoms with Gasteiger partial charge in [-0.25, -0.2) is 15.1 Å². The maximum Gasteiger partial charge on any atom is 0.337 e. The van der Waals surface area contributed by atoms with Gasteiger partial charge in [-0.05, 0) is 67.1 Å². The molecule has 0 saturated carbocycles. The number of benzene rings is 3. The van der Waals surface area contributed by atoms with E-state index in [-0.39, 0.29) is 0 Å². The number of esters is 1. The molecule has 3 aromatic carbocycles. The first-order valence-electron chi connectivity index (χ1n) is 12.0. The molecule has 3 amide bonds. The highest BCUT2D eigenvalue weighted by Gasteiger charge is 2.60. The number of ether oxygens (including phenoxy) is 2. The summed E-state index contributed by atoms with van der Waals surface area (Å²) < 4.78 is 11.0. The minimum absolute atomic E-state index is 0.345. The van der Waals surface area contributed by atoms with Crippen LogP contribution in [-0.2, 0) is 14.3 Å². The van der Waals surface area contributed by atoms with Crippen LogP contribution in [0.1, 0.15) is 39.2 Å². The van der Waals surface area contributed by atoms with Crippen LogP contribution in [0, 0.1) is 5.92 Å². The van der Waals surface area contributed by atoms with Gasteiger partial charge in [-0.1, -0.05) is 34.1 Å². The molecule has 1 N–H and O–H groups in total. The lowest BCUT2D eigenvalue weighted by Gasteiger charge is -2.25. The summed E-state index contributed by atoms with van der Waals surface area (Å²) in [6, 6.07) is 18.3. The highest BCUT2D eigenvalue weighted by atomic mass is 79.9. The van der Waals surface area contributed by atoms with E-state index in [1.54, 1.807) is 72.8 Å². The third-order valence-electron chi connectivity index (χ3n) is 6.62. The molecule has 0 unspecified atom stereocenters. The van der Waals surface area contributed by atoms with E-state index < -0.39 is 41.7 Å². The van der Waals surface area contributed by atoms with E-state index in [0.717, 1.165) is 4.90 Å². The largest absolute Gasteiger partial charge is 0.494 e. The molecule has 2 heterocycles. The maximum absolute atomic E-state index is 13.8. The Morgan fingerprint density at radius 3 is 2.29 bits per heavy atom. The zero-order valence-corrected chi connectivity index (χ0v) is 22.2. The molecule has 0 radical (unpaired) electrons. The molecule has 38 heavy (non-hydrogen) atoms. The van der Waals surface area contributed by atoms with Crippen molar-refractivity contribution in [3.8, 4) is 5.75 Å². The molecular weight excluding hydrogens is 554 g/mol. The van der Waals surface area contributed by atoms with Crippen molar-refractivity contribution in [1.29, 1.82) is 0 Å². The summed E-state index contributed by atoms with van der Waals surface area (Å²) in [7, 11) is 1.29. The molecular formula is C28H24BrN3O6. The van der Waals surface area contributed by atoms with Crippen molar-refractivity contribution in [1.82, 2.24) is 10.4 Å². The number of fused-ring (bicyclic) bond motifs is 1. The first kappa shape index (κ1) is 25.6. The topological polar surface area (TPSA) is 105 Å². The van der Waals surface area contributed by atoms with Crippen LogP contribution in [-0.4, -0.2) is 48.5 Å². The number of methoxy groups -OCH3 is 1. The molecule has 3 atom stereocenters. The fraction of sp³-hybridized carbons (Fsp3) is 0.214. The van der Waals surface area contributed by atoms with E-state index in [1.165, 1.54) is 12.1 Å². The predicted molar refractivity (Wildman–Crippen MR) is 141 cm³/mol. The van der Waals surface area contributed by atoms with Gasteiger partial charge in [0.1, 0.15) is 11.8 Å². The van der Waals surface area contributed by atoms with Crippen molar-refractivity contribution >= 4 is 45.3 Å². The number of rotatable bonds is 6. The van der Waals surface area contributed by atoms with E-state index >= 15 is 0 Å². The number of hydrogen-bond acceptors (Lipinski definition) is 7. The average molecular weight is 578 g/mol. The molecule has 9 nitrogen and oxygen atoms in total. The van der Waals surface area contributed by atoms with Crippen LogP contribution in [0.25, 0.3) is 0 Å². The number of carbonyl (C=O) groups is 4. The molecule has 0 aromatic heterocycles. The van der Waals surface area contributed by atoms with Crippen LogP contribution >= 0.6 is 15.9 Å². The number of nitrogens with zero attached hydrogens (tertiary/aromatic N) is 2. The van der Waals surface area contributed by atoms with Gasteiger partial charge in [0, 0.05) is 10.0 Å². The normalized spacial score (nSPS) is 20.4. The quantitative estimate of drug-likeness (QED) is 0.350. The van der Waals surface area contributed by atoms with Crippen LogP contribution in [0.4, 0.5) is 5.69 Å². The molecule has 3 aromatic rings. The SMILES string of the molecule is CCOc1ccc(N2C(=O)[C@@H]3[C@@H](c4ccc(C(=O)OC)cc4)NN(C(=O)c4cccc(Br)c4)[C@@H]3C2=O)cc1. The van der Waals surface area contributed by atoms with E-state index in [0.29, 0.717) is 39.2 Å². The van der Waals surface area contributed by atoms with Crippen molar-refractivity contribution in [3.63, 3.8) is 0 Å². The summed E-state index contributed by atoms with van der Waals surface area (Å²) >= 11 is 3.38. The summed E-state index contributed by atoms with van der Waals surface area (Å²) in [5, 5.41) is 1.25.